The smallest absolute Gasteiger partial charge is 0.316 e. The molecule has 0 aliphatic carbocycles. The molecule has 1 aromatic heterocycles. The van der Waals surface area contributed by atoms with E-state index < -0.39 is 19.5 Å². The van der Waals surface area contributed by atoms with Gasteiger partial charge >= 0.3 is 5.97 Å². The topological polar surface area (TPSA) is 67.9 Å². The molecule has 0 saturated heterocycles. The van der Waals surface area contributed by atoms with Crippen LogP contribution < -0.4 is 5.19 Å². The number of carbonyl (C=O) groups is 1. The molecular weight excluding hydrogens is 493 g/mol. The number of hydrogen-bond acceptors (Lipinski definition) is 4. The number of ether oxygens (including phenoxy) is 1. The number of halogens is 1. The Morgan fingerprint density at radius 3 is 2.14 bits per heavy atom. The summed E-state index contributed by atoms with van der Waals surface area (Å²) in [6.45, 7) is 14.1. The Kier molecular flexibility index (Phi) is 6.80. The molecule has 7 heteroatoms. The molecule has 0 fully saturated rings. The van der Waals surface area contributed by atoms with Crippen molar-refractivity contribution in [2.24, 2.45) is 12.5 Å². The lowest BCUT2D eigenvalue weighted by Crippen LogP contribution is -2.37. The highest BCUT2D eigenvalue weighted by Gasteiger charge is 2.30. The van der Waals surface area contributed by atoms with Crippen molar-refractivity contribution in [1.82, 2.24) is 9.78 Å². The van der Waals surface area contributed by atoms with Gasteiger partial charge < -0.3 is 4.74 Å². The monoisotopic (exact) mass is 521 g/mol. The van der Waals surface area contributed by atoms with Crippen molar-refractivity contribution in [1.29, 1.82) is 5.26 Å². The van der Waals surface area contributed by atoms with Gasteiger partial charge in [-0.1, -0.05) is 49.1 Å². The molecule has 2 aromatic rings. The van der Waals surface area contributed by atoms with Crippen LogP contribution in [-0.4, -0.2) is 23.8 Å². The SMILES string of the molecule is Cc1nn(C)c(/C(OC(=O)C(C)(C)C)=C(\C#N)c2ccc([Si](C)(C)C)cc2)c1I. The number of aromatic nitrogens is 2. The molecule has 1 heterocycles. The molecule has 0 spiro atoms. The molecule has 0 aliphatic heterocycles. The number of nitrogens with zero attached hydrogens (tertiary/aromatic N) is 3. The van der Waals surface area contributed by atoms with Crippen molar-refractivity contribution in [3.05, 3.63) is 44.8 Å². The fraction of sp³-hybridized carbons (Fsp3) is 0.409. The number of esters is 1. The van der Waals surface area contributed by atoms with Gasteiger partial charge in [-0.3, -0.25) is 9.48 Å². The molecular formula is C22H28IN3O2Si. The standard InChI is InChI=1S/C22H28IN3O2Si/c1-14-18(23)19(26(5)25-14)20(28-21(27)22(2,3)4)17(13-24)15-9-11-16(12-10-15)29(6,7)8/h9-12H,1-8H3/b20-17-. The Morgan fingerprint density at radius 1 is 1.21 bits per heavy atom. The van der Waals surface area contributed by atoms with E-state index in [1.807, 2.05) is 19.1 Å². The van der Waals surface area contributed by atoms with Gasteiger partial charge in [-0.25, -0.2) is 0 Å². The summed E-state index contributed by atoms with van der Waals surface area (Å²) in [6.07, 6.45) is 0. The van der Waals surface area contributed by atoms with Crippen LogP contribution in [0.25, 0.3) is 11.3 Å². The summed E-state index contributed by atoms with van der Waals surface area (Å²) in [5.74, 6) is -0.144. The minimum absolute atomic E-state index is 0.251. The van der Waals surface area contributed by atoms with E-state index in [4.69, 9.17) is 4.74 Å². The zero-order chi connectivity index (χ0) is 22.1. The van der Waals surface area contributed by atoms with Gasteiger partial charge in [-0.15, -0.1) is 0 Å². The van der Waals surface area contributed by atoms with Crippen molar-refractivity contribution in [2.45, 2.75) is 47.3 Å². The van der Waals surface area contributed by atoms with Crippen LogP contribution in [0.15, 0.2) is 24.3 Å². The summed E-state index contributed by atoms with van der Waals surface area (Å²) in [5, 5.41) is 15.8. The largest absolute Gasteiger partial charge is 0.422 e. The highest BCUT2D eigenvalue weighted by Crippen LogP contribution is 2.33. The van der Waals surface area contributed by atoms with Crippen molar-refractivity contribution in [3.8, 4) is 6.07 Å². The zero-order valence-electron chi connectivity index (χ0n) is 18.3. The maximum absolute atomic E-state index is 12.7. The summed E-state index contributed by atoms with van der Waals surface area (Å²) >= 11 is 2.18. The highest BCUT2D eigenvalue weighted by atomic mass is 127. The molecule has 154 valence electrons. The fourth-order valence-electron chi connectivity index (χ4n) is 2.73. The normalized spacial score (nSPS) is 13.0. The molecule has 1 aromatic carbocycles. The summed E-state index contributed by atoms with van der Waals surface area (Å²) in [5.41, 5.74) is 1.80. The molecule has 0 radical (unpaired) electrons. The van der Waals surface area contributed by atoms with Crippen LogP contribution in [0.5, 0.6) is 0 Å². The van der Waals surface area contributed by atoms with E-state index >= 15 is 0 Å². The number of allylic oxidation sites excluding steroid dienone is 1. The average molecular weight is 521 g/mol. The second-order valence-corrected chi connectivity index (χ2v) is 15.3. The lowest BCUT2D eigenvalue weighted by molar-refractivity contribution is -0.145. The summed E-state index contributed by atoms with van der Waals surface area (Å²) in [4.78, 5) is 12.7. The van der Waals surface area contributed by atoms with E-state index in [0.717, 1.165) is 14.8 Å². The van der Waals surface area contributed by atoms with Gasteiger partial charge in [-0.2, -0.15) is 10.4 Å². The van der Waals surface area contributed by atoms with Crippen molar-refractivity contribution >= 4 is 53.2 Å². The maximum atomic E-state index is 12.7. The van der Waals surface area contributed by atoms with Gasteiger partial charge in [-0.05, 0) is 55.8 Å². The van der Waals surface area contributed by atoms with E-state index in [2.05, 4.69) is 65.5 Å². The fourth-order valence-corrected chi connectivity index (χ4v) is 4.59. The zero-order valence-corrected chi connectivity index (χ0v) is 21.5. The van der Waals surface area contributed by atoms with Crippen LogP contribution in [0.1, 0.15) is 37.7 Å². The lowest BCUT2D eigenvalue weighted by atomic mass is 9.97. The molecule has 0 atom stereocenters. The Labute approximate surface area is 187 Å². The minimum Gasteiger partial charge on any atom is -0.422 e. The number of benzene rings is 1. The third kappa shape index (κ3) is 5.17. The highest BCUT2D eigenvalue weighted by molar-refractivity contribution is 14.1. The van der Waals surface area contributed by atoms with Gasteiger partial charge in [0.2, 0.25) is 0 Å². The number of hydrogen-bond donors (Lipinski definition) is 0. The van der Waals surface area contributed by atoms with E-state index in [9.17, 15) is 10.1 Å². The van der Waals surface area contributed by atoms with Crippen LogP contribution in [0.3, 0.4) is 0 Å². The Hall–Kier alpha value is -1.92. The Balaban J connectivity index is 2.73. The first kappa shape index (κ1) is 23.4. The van der Waals surface area contributed by atoms with Gasteiger partial charge in [0.25, 0.3) is 0 Å². The van der Waals surface area contributed by atoms with E-state index in [1.54, 1.807) is 32.5 Å². The first-order chi connectivity index (χ1) is 13.3. The number of nitriles is 1. The van der Waals surface area contributed by atoms with Crippen LogP contribution in [0.2, 0.25) is 19.6 Å². The lowest BCUT2D eigenvalue weighted by Gasteiger charge is -2.20. The molecule has 5 nitrogen and oxygen atoms in total. The van der Waals surface area contributed by atoms with Crippen LogP contribution in [0, 0.1) is 27.2 Å². The molecule has 0 unspecified atom stereocenters. The van der Waals surface area contributed by atoms with Gasteiger partial charge in [0, 0.05) is 7.05 Å². The van der Waals surface area contributed by atoms with Crippen LogP contribution in [0.4, 0.5) is 0 Å². The van der Waals surface area contributed by atoms with Crippen molar-refractivity contribution in [2.75, 3.05) is 0 Å². The second-order valence-electron chi connectivity index (χ2n) is 9.15. The van der Waals surface area contributed by atoms with Gasteiger partial charge in [0.05, 0.1) is 22.8 Å². The summed E-state index contributed by atoms with van der Waals surface area (Å²) < 4.78 is 8.36. The summed E-state index contributed by atoms with van der Waals surface area (Å²) in [6, 6.07) is 10.3. The minimum atomic E-state index is -1.46. The first-order valence-corrected chi connectivity index (χ1v) is 14.0. The van der Waals surface area contributed by atoms with E-state index in [-0.39, 0.29) is 5.76 Å². The van der Waals surface area contributed by atoms with Crippen molar-refractivity contribution < 1.29 is 9.53 Å². The third-order valence-corrected chi connectivity index (χ3v) is 7.91. The molecule has 29 heavy (non-hydrogen) atoms. The van der Waals surface area contributed by atoms with Crippen LogP contribution in [-0.2, 0) is 16.6 Å². The van der Waals surface area contributed by atoms with Crippen molar-refractivity contribution in [3.63, 3.8) is 0 Å². The molecule has 0 amide bonds. The second kappa shape index (κ2) is 8.44. The maximum Gasteiger partial charge on any atom is 0.316 e. The third-order valence-electron chi connectivity index (χ3n) is 4.55. The number of aryl methyl sites for hydroxylation is 2. The number of carbonyl (C=O) groups excluding carboxylic acids is 1. The summed E-state index contributed by atoms with van der Waals surface area (Å²) in [7, 11) is 0.333. The Morgan fingerprint density at radius 2 is 1.76 bits per heavy atom. The molecule has 0 aliphatic rings. The first-order valence-electron chi connectivity index (χ1n) is 9.44. The predicted molar refractivity (Wildman–Crippen MR) is 128 cm³/mol. The molecule has 0 N–H and O–H groups in total. The Bertz CT molecular complexity index is 1000. The van der Waals surface area contributed by atoms with E-state index in [0.29, 0.717) is 11.3 Å². The van der Waals surface area contributed by atoms with Gasteiger partial charge in [0.15, 0.2) is 5.76 Å². The quantitative estimate of drug-likeness (QED) is 0.190. The van der Waals surface area contributed by atoms with Crippen LogP contribution >= 0.6 is 22.6 Å². The molecule has 2 rings (SSSR count). The number of rotatable bonds is 4. The van der Waals surface area contributed by atoms with E-state index in [1.165, 1.54) is 5.19 Å². The molecule has 0 bridgehead atoms. The predicted octanol–water partition coefficient (Wildman–Crippen LogP) is 4.86. The molecule has 0 saturated carbocycles. The average Bonchev–Trinajstić information content (AvgIpc) is 2.85. The van der Waals surface area contributed by atoms with Gasteiger partial charge in [0.1, 0.15) is 17.3 Å².